The highest BCUT2D eigenvalue weighted by atomic mass is 79.9. The maximum atomic E-state index is 11.4. The first-order valence-corrected chi connectivity index (χ1v) is 7.04. The molecule has 5 nitrogen and oxygen atoms in total. The predicted octanol–water partition coefficient (Wildman–Crippen LogP) is 2.25. The van der Waals surface area contributed by atoms with E-state index in [-0.39, 0.29) is 5.69 Å². The lowest BCUT2D eigenvalue weighted by Crippen LogP contribution is -2.28. The number of aromatic carboxylic acids is 1. The number of aromatic nitrogens is 2. The first-order chi connectivity index (χ1) is 9.65. The van der Waals surface area contributed by atoms with E-state index < -0.39 is 5.97 Å². The minimum Gasteiger partial charge on any atom is -0.476 e. The molecule has 1 aromatic carbocycles. The summed E-state index contributed by atoms with van der Waals surface area (Å²) in [6, 6.07) is 7.54. The minimum atomic E-state index is -1.01. The Morgan fingerprint density at radius 2 is 2.20 bits per heavy atom. The minimum absolute atomic E-state index is 0.0946. The lowest BCUT2D eigenvalue weighted by molar-refractivity contribution is 0.0688. The van der Waals surface area contributed by atoms with Crippen molar-refractivity contribution < 1.29 is 9.90 Å². The normalized spacial score (nSPS) is 13.8. The Balaban J connectivity index is 2.17. The average molecular weight is 334 g/mol. The molecule has 0 fully saturated rings. The van der Waals surface area contributed by atoms with Gasteiger partial charge < -0.3 is 10.4 Å². The van der Waals surface area contributed by atoms with Crippen molar-refractivity contribution in [2.45, 2.75) is 13.0 Å². The highest BCUT2D eigenvalue weighted by Gasteiger charge is 2.22. The number of benzene rings is 1. The van der Waals surface area contributed by atoms with E-state index in [1.165, 1.54) is 0 Å². The summed E-state index contributed by atoms with van der Waals surface area (Å²) in [6.45, 7) is 1.32. The molecule has 3 rings (SSSR count). The van der Waals surface area contributed by atoms with Crippen molar-refractivity contribution in [3.8, 4) is 11.4 Å². The summed E-state index contributed by atoms with van der Waals surface area (Å²) < 4.78 is 0.912. The van der Waals surface area contributed by atoms with Gasteiger partial charge in [0.15, 0.2) is 11.5 Å². The van der Waals surface area contributed by atoms with Crippen molar-refractivity contribution in [2.24, 2.45) is 0 Å². The molecular weight excluding hydrogens is 322 g/mol. The van der Waals surface area contributed by atoms with Gasteiger partial charge in [-0.2, -0.15) is 0 Å². The van der Waals surface area contributed by atoms with Crippen molar-refractivity contribution >= 4 is 21.9 Å². The molecule has 0 radical (unpaired) electrons. The van der Waals surface area contributed by atoms with Crippen LogP contribution in [-0.4, -0.2) is 27.6 Å². The van der Waals surface area contributed by atoms with Gasteiger partial charge in [-0.1, -0.05) is 28.1 Å². The highest BCUT2D eigenvalue weighted by Crippen LogP contribution is 2.23. The summed E-state index contributed by atoms with van der Waals surface area (Å²) in [5.41, 5.74) is 2.43. The lowest BCUT2D eigenvalue weighted by Gasteiger charge is -2.18. The van der Waals surface area contributed by atoms with Gasteiger partial charge in [-0.05, 0) is 12.1 Å². The quantitative estimate of drug-likeness (QED) is 0.881. The molecule has 0 unspecified atom stereocenters. The largest absolute Gasteiger partial charge is 0.476 e. The van der Waals surface area contributed by atoms with E-state index in [0.29, 0.717) is 17.9 Å². The van der Waals surface area contributed by atoms with Gasteiger partial charge >= 0.3 is 5.97 Å². The molecule has 1 aromatic heterocycles. The number of rotatable bonds is 2. The zero-order valence-electron chi connectivity index (χ0n) is 10.6. The van der Waals surface area contributed by atoms with Crippen LogP contribution in [0.1, 0.15) is 21.7 Å². The van der Waals surface area contributed by atoms with Gasteiger partial charge in [-0.25, -0.2) is 14.8 Å². The van der Waals surface area contributed by atoms with Crippen LogP contribution >= 0.6 is 15.9 Å². The monoisotopic (exact) mass is 333 g/mol. The molecule has 0 saturated heterocycles. The first kappa shape index (κ1) is 13.2. The van der Waals surface area contributed by atoms with E-state index >= 15 is 0 Å². The van der Waals surface area contributed by atoms with Gasteiger partial charge in [0.05, 0.1) is 5.69 Å². The van der Waals surface area contributed by atoms with Crippen LogP contribution in [0.15, 0.2) is 28.7 Å². The Morgan fingerprint density at radius 1 is 1.35 bits per heavy atom. The van der Waals surface area contributed by atoms with E-state index in [9.17, 15) is 9.90 Å². The number of carboxylic acids is 1. The number of carboxylic acid groups (broad SMARTS) is 1. The summed E-state index contributed by atoms with van der Waals surface area (Å²) in [7, 11) is 0. The summed E-state index contributed by atoms with van der Waals surface area (Å²) in [5.74, 6) is -0.548. The number of nitrogens with one attached hydrogen (secondary N) is 1. The van der Waals surface area contributed by atoms with Gasteiger partial charge in [0.2, 0.25) is 0 Å². The molecule has 1 aliphatic heterocycles. The van der Waals surface area contributed by atoms with Crippen LogP contribution in [-0.2, 0) is 13.0 Å². The van der Waals surface area contributed by atoms with Gasteiger partial charge in [0, 0.05) is 35.1 Å². The summed E-state index contributed by atoms with van der Waals surface area (Å²) in [4.78, 5) is 20.2. The number of carbonyl (C=O) groups is 1. The number of nitrogens with zero attached hydrogens (tertiary/aromatic N) is 2. The van der Waals surface area contributed by atoms with Crippen LogP contribution in [0, 0.1) is 0 Å². The zero-order chi connectivity index (χ0) is 14.1. The average Bonchev–Trinajstić information content (AvgIpc) is 2.46. The Labute approximate surface area is 124 Å². The Hall–Kier alpha value is -1.79. The Bertz CT molecular complexity index is 688. The molecule has 1 aliphatic rings. The molecule has 0 atom stereocenters. The fraction of sp³-hybridized carbons (Fsp3) is 0.214. The lowest BCUT2D eigenvalue weighted by atomic mass is 10.0. The van der Waals surface area contributed by atoms with E-state index in [1.807, 2.05) is 24.3 Å². The van der Waals surface area contributed by atoms with Crippen molar-refractivity contribution in [3.05, 3.63) is 45.7 Å². The van der Waals surface area contributed by atoms with E-state index in [0.717, 1.165) is 28.7 Å². The van der Waals surface area contributed by atoms with Gasteiger partial charge in [0.1, 0.15) is 0 Å². The standard InChI is InChI=1S/C14H12BrN3O2/c15-9-3-1-2-8(6-9)13-17-11-4-5-16-7-10(11)12(18-13)14(19)20/h1-3,6,16H,4-5,7H2,(H,19,20). The number of hydrogen-bond donors (Lipinski definition) is 2. The summed E-state index contributed by atoms with van der Waals surface area (Å²) in [5, 5.41) is 12.5. The van der Waals surface area contributed by atoms with Crippen molar-refractivity contribution in [3.63, 3.8) is 0 Å². The third-order valence-corrected chi connectivity index (χ3v) is 3.71. The van der Waals surface area contributed by atoms with E-state index in [2.05, 4.69) is 31.2 Å². The molecular formula is C14H12BrN3O2. The second kappa shape index (κ2) is 5.30. The van der Waals surface area contributed by atoms with Crippen molar-refractivity contribution in [1.29, 1.82) is 0 Å². The van der Waals surface area contributed by atoms with Crippen LogP contribution in [0.25, 0.3) is 11.4 Å². The number of fused-ring (bicyclic) bond motifs is 1. The fourth-order valence-corrected chi connectivity index (χ4v) is 2.68. The van der Waals surface area contributed by atoms with Gasteiger partial charge in [-0.3, -0.25) is 0 Å². The van der Waals surface area contributed by atoms with Crippen LogP contribution in [0.3, 0.4) is 0 Å². The fourth-order valence-electron chi connectivity index (χ4n) is 2.28. The SMILES string of the molecule is O=C(O)c1nc(-c2cccc(Br)c2)nc2c1CNCC2. The van der Waals surface area contributed by atoms with E-state index in [1.54, 1.807) is 0 Å². The topological polar surface area (TPSA) is 75.1 Å². The molecule has 2 aromatic rings. The first-order valence-electron chi connectivity index (χ1n) is 6.25. The highest BCUT2D eigenvalue weighted by molar-refractivity contribution is 9.10. The van der Waals surface area contributed by atoms with Crippen LogP contribution in [0.2, 0.25) is 0 Å². The van der Waals surface area contributed by atoms with Gasteiger partial charge in [0.25, 0.3) is 0 Å². The van der Waals surface area contributed by atoms with Gasteiger partial charge in [-0.15, -0.1) is 0 Å². The summed E-state index contributed by atoms with van der Waals surface area (Å²) in [6.07, 6.45) is 0.721. The molecule has 0 amide bonds. The Kier molecular flexibility index (Phi) is 3.50. The third kappa shape index (κ3) is 2.44. The molecule has 2 N–H and O–H groups in total. The predicted molar refractivity (Wildman–Crippen MR) is 77.5 cm³/mol. The molecule has 0 spiro atoms. The molecule has 0 aliphatic carbocycles. The maximum absolute atomic E-state index is 11.4. The third-order valence-electron chi connectivity index (χ3n) is 3.22. The maximum Gasteiger partial charge on any atom is 0.354 e. The molecule has 2 heterocycles. The molecule has 6 heteroatoms. The number of hydrogen-bond acceptors (Lipinski definition) is 4. The van der Waals surface area contributed by atoms with E-state index in [4.69, 9.17) is 0 Å². The second-order valence-electron chi connectivity index (χ2n) is 4.56. The molecule has 0 bridgehead atoms. The number of halogens is 1. The van der Waals surface area contributed by atoms with Crippen molar-refractivity contribution in [1.82, 2.24) is 15.3 Å². The Morgan fingerprint density at radius 3 is 2.95 bits per heavy atom. The van der Waals surface area contributed by atoms with Crippen LogP contribution in [0.4, 0.5) is 0 Å². The smallest absolute Gasteiger partial charge is 0.354 e. The summed E-state index contributed by atoms with van der Waals surface area (Å²) >= 11 is 3.40. The second-order valence-corrected chi connectivity index (χ2v) is 5.48. The molecule has 0 saturated carbocycles. The zero-order valence-corrected chi connectivity index (χ0v) is 12.1. The van der Waals surface area contributed by atoms with Crippen molar-refractivity contribution in [2.75, 3.05) is 6.54 Å². The molecule has 102 valence electrons. The van der Waals surface area contributed by atoms with Crippen LogP contribution in [0.5, 0.6) is 0 Å². The molecule has 20 heavy (non-hydrogen) atoms. The van der Waals surface area contributed by atoms with Crippen LogP contribution < -0.4 is 5.32 Å².